The molecule has 1 aromatic heterocycles. The van der Waals surface area contributed by atoms with Crippen molar-refractivity contribution in [3.63, 3.8) is 0 Å². The standard InChI is InChI=1S/C12H15BrN4O/c1-3-17-10-6-8(13)4-5-9(10)15-12(17)16-11(18)7-14-2/h4-6,14H,3,7H2,1-2H3,(H,15,16,18). The van der Waals surface area contributed by atoms with Crippen molar-refractivity contribution in [3.8, 4) is 0 Å². The lowest BCUT2D eigenvalue weighted by molar-refractivity contribution is -0.115. The molecule has 0 aliphatic rings. The van der Waals surface area contributed by atoms with Crippen molar-refractivity contribution in [2.24, 2.45) is 0 Å². The first-order chi connectivity index (χ1) is 8.65. The zero-order chi connectivity index (χ0) is 13.1. The lowest BCUT2D eigenvalue weighted by Gasteiger charge is -2.07. The summed E-state index contributed by atoms with van der Waals surface area (Å²) in [5.74, 6) is 0.493. The Labute approximate surface area is 114 Å². The Bertz CT molecular complexity index is 579. The highest BCUT2D eigenvalue weighted by Gasteiger charge is 2.11. The molecule has 0 radical (unpaired) electrons. The van der Waals surface area contributed by atoms with Gasteiger partial charge in [-0.05, 0) is 32.2 Å². The minimum absolute atomic E-state index is 0.0958. The predicted octanol–water partition coefficient (Wildman–Crippen LogP) is 1.98. The number of likely N-dealkylation sites (N-methyl/N-ethyl adjacent to an activating group) is 1. The first kappa shape index (κ1) is 13.0. The summed E-state index contributed by atoms with van der Waals surface area (Å²) in [6, 6.07) is 5.87. The number of rotatable bonds is 4. The van der Waals surface area contributed by atoms with Crippen molar-refractivity contribution in [1.29, 1.82) is 0 Å². The molecule has 96 valence electrons. The molecule has 1 aromatic carbocycles. The minimum atomic E-state index is -0.0958. The summed E-state index contributed by atoms with van der Waals surface area (Å²) in [5.41, 5.74) is 1.88. The number of aromatic nitrogens is 2. The van der Waals surface area contributed by atoms with Crippen molar-refractivity contribution in [2.75, 3.05) is 18.9 Å². The average molecular weight is 311 g/mol. The normalized spacial score (nSPS) is 10.8. The second-order valence-corrected chi connectivity index (χ2v) is 4.81. The van der Waals surface area contributed by atoms with Gasteiger partial charge < -0.3 is 9.88 Å². The summed E-state index contributed by atoms with van der Waals surface area (Å²) in [5, 5.41) is 5.62. The summed E-state index contributed by atoms with van der Waals surface area (Å²) in [7, 11) is 1.74. The summed E-state index contributed by atoms with van der Waals surface area (Å²) in [4.78, 5) is 16.0. The van der Waals surface area contributed by atoms with Gasteiger partial charge in [-0.15, -0.1) is 0 Å². The van der Waals surface area contributed by atoms with Crippen LogP contribution in [0.1, 0.15) is 6.92 Å². The number of nitrogens with zero attached hydrogens (tertiary/aromatic N) is 2. The SMILES string of the molecule is CCn1c(NC(=O)CNC)nc2ccc(Br)cc21. The number of hydrogen-bond donors (Lipinski definition) is 2. The Hall–Kier alpha value is -1.40. The van der Waals surface area contributed by atoms with E-state index in [1.165, 1.54) is 0 Å². The van der Waals surface area contributed by atoms with Gasteiger partial charge in [0.2, 0.25) is 11.9 Å². The molecule has 0 aliphatic carbocycles. The Morgan fingerprint density at radius 3 is 2.94 bits per heavy atom. The first-order valence-corrected chi connectivity index (χ1v) is 6.55. The highest BCUT2D eigenvalue weighted by molar-refractivity contribution is 9.10. The number of aryl methyl sites for hydroxylation is 1. The van der Waals surface area contributed by atoms with Crippen LogP contribution < -0.4 is 10.6 Å². The summed E-state index contributed by atoms with van der Waals surface area (Å²) in [6.45, 7) is 3.05. The monoisotopic (exact) mass is 310 g/mol. The van der Waals surface area contributed by atoms with Crippen LogP contribution in [0.15, 0.2) is 22.7 Å². The largest absolute Gasteiger partial charge is 0.311 e. The van der Waals surface area contributed by atoms with E-state index in [-0.39, 0.29) is 12.5 Å². The van der Waals surface area contributed by atoms with E-state index in [0.717, 1.165) is 22.1 Å². The van der Waals surface area contributed by atoms with Crippen molar-refractivity contribution in [2.45, 2.75) is 13.5 Å². The molecule has 5 nitrogen and oxygen atoms in total. The molecule has 18 heavy (non-hydrogen) atoms. The zero-order valence-electron chi connectivity index (χ0n) is 10.3. The number of fused-ring (bicyclic) bond motifs is 1. The molecule has 2 aromatic rings. The lowest BCUT2D eigenvalue weighted by atomic mass is 10.3. The van der Waals surface area contributed by atoms with Gasteiger partial charge in [0.15, 0.2) is 0 Å². The third-order valence-electron chi connectivity index (χ3n) is 2.62. The minimum Gasteiger partial charge on any atom is -0.311 e. The number of carbonyl (C=O) groups is 1. The second-order valence-electron chi connectivity index (χ2n) is 3.89. The van der Waals surface area contributed by atoms with Crippen LogP contribution >= 0.6 is 15.9 Å². The third-order valence-corrected chi connectivity index (χ3v) is 3.11. The Morgan fingerprint density at radius 2 is 2.28 bits per heavy atom. The van der Waals surface area contributed by atoms with E-state index in [9.17, 15) is 4.79 Å². The van der Waals surface area contributed by atoms with Crippen molar-refractivity contribution in [3.05, 3.63) is 22.7 Å². The van der Waals surface area contributed by atoms with Gasteiger partial charge in [0, 0.05) is 11.0 Å². The molecule has 0 aliphatic heterocycles. The predicted molar refractivity (Wildman–Crippen MR) is 75.7 cm³/mol. The highest BCUT2D eigenvalue weighted by atomic mass is 79.9. The number of carbonyl (C=O) groups excluding carboxylic acids is 1. The van der Waals surface area contributed by atoms with Gasteiger partial charge in [0.25, 0.3) is 0 Å². The fraction of sp³-hybridized carbons (Fsp3) is 0.333. The van der Waals surface area contributed by atoms with E-state index in [1.807, 2.05) is 29.7 Å². The molecule has 6 heteroatoms. The summed E-state index contributed by atoms with van der Waals surface area (Å²) >= 11 is 3.44. The Morgan fingerprint density at radius 1 is 1.50 bits per heavy atom. The average Bonchev–Trinajstić information content (AvgIpc) is 2.65. The molecule has 1 amide bonds. The van der Waals surface area contributed by atoms with E-state index in [4.69, 9.17) is 0 Å². The maximum Gasteiger partial charge on any atom is 0.240 e. The van der Waals surface area contributed by atoms with E-state index in [0.29, 0.717) is 5.95 Å². The van der Waals surface area contributed by atoms with Crippen LogP contribution in [0.4, 0.5) is 5.95 Å². The van der Waals surface area contributed by atoms with Gasteiger partial charge in [-0.25, -0.2) is 4.98 Å². The molecule has 0 fully saturated rings. The number of hydrogen-bond acceptors (Lipinski definition) is 3. The molecule has 0 spiro atoms. The maximum atomic E-state index is 11.6. The molecular formula is C12H15BrN4O. The second kappa shape index (κ2) is 5.49. The van der Waals surface area contributed by atoms with Crippen molar-refractivity contribution in [1.82, 2.24) is 14.9 Å². The molecule has 2 N–H and O–H groups in total. The number of amides is 1. The van der Waals surface area contributed by atoms with E-state index in [1.54, 1.807) is 7.05 Å². The maximum absolute atomic E-state index is 11.6. The van der Waals surface area contributed by atoms with Gasteiger partial charge in [-0.1, -0.05) is 15.9 Å². The highest BCUT2D eigenvalue weighted by Crippen LogP contribution is 2.23. The molecule has 0 bridgehead atoms. The van der Waals surface area contributed by atoms with E-state index >= 15 is 0 Å². The van der Waals surface area contributed by atoms with Gasteiger partial charge in [0.05, 0.1) is 17.6 Å². The van der Waals surface area contributed by atoms with E-state index in [2.05, 4.69) is 31.5 Å². The number of anilines is 1. The fourth-order valence-corrected chi connectivity index (χ4v) is 2.19. The van der Waals surface area contributed by atoms with Gasteiger partial charge >= 0.3 is 0 Å². The summed E-state index contributed by atoms with van der Waals surface area (Å²) in [6.07, 6.45) is 0. The molecule has 2 rings (SSSR count). The first-order valence-electron chi connectivity index (χ1n) is 5.76. The number of benzene rings is 1. The smallest absolute Gasteiger partial charge is 0.240 e. The lowest BCUT2D eigenvalue weighted by Crippen LogP contribution is -2.26. The van der Waals surface area contributed by atoms with Crippen LogP contribution in [-0.2, 0) is 11.3 Å². The Kier molecular flexibility index (Phi) is 3.98. The van der Waals surface area contributed by atoms with Gasteiger partial charge in [-0.3, -0.25) is 10.1 Å². The molecule has 1 heterocycles. The molecule has 0 saturated carbocycles. The fourth-order valence-electron chi connectivity index (χ4n) is 1.84. The zero-order valence-corrected chi connectivity index (χ0v) is 11.9. The number of imidazole rings is 1. The van der Waals surface area contributed by atoms with Crippen LogP contribution in [-0.4, -0.2) is 29.1 Å². The van der Waals surface area contributed by atoms with Crippen molar-refractivity contribution >= 4 is 38.8 Å². The van der Waals surface area contributed by atoms with Gasteiger partial charge in [0.1, 0.15) is 0 Å². The third kappa shape index (κ3) is 2.54. The van der Waals surface area contributed by atoms with Gasteiger partial charge in [-0.2, -0.15) is 0 Å². The van der Waals surface area contributed by atoms with Crippen molar-refractivity contribution < 1.29 is 4.79 Å². The van der Waals surface area contributed by atoms with Crippen LogP contribution in [0.25, 0.3) is 11.0 Å². The molecule has 0 atom stereocenters. The molecule has 0 saturated heterocycles. The number of halogens is 1. The molecule has 0 unspecified atom stereocenters. The van der Waals surface area contributed by atoms with Crippen LogP contribution in [0, 0.1) is 0 Å². The topological polar surface area (TPSA) is 59.0 Å². The molecular weight excluding hydrogens is 296 g/mol. The Balaban J connectivity index is 2.41. The van der Waals surface area contributed by atoms with E-state index < -0.39 is 0 Å². The quantitative estimate of drug-likeness (QED) is 0.908. The summed E-state index contributed by atoms with van der Waals surface area (Å²) < 4.78 is 2.98. The van der Waals surface area contributed by atoms with Crippen LogP contribution in [0.5, 0.6) is 0 Å². The van der Waals surface area contributed by atoms with Crippen LogP contribution in [0.2, 0.25) is 0 Å². The number of nitrogens with one attached hydrogen (secondary N) is 2. The van der Waals surface area contributed by atoms with Crippen LogP contribution in [0.3, 0.4) is 0 Å².